The van der Waals surface area contributed by atoms with Crippen molar-refractivity contribution < 1.29 is 0 Å². The van der Waals surface area contributed by atoms with Gasteiger partial charge >= 0.3 is 0 Å². The summed E-state index contributed by atoms with van der Waals surface area (Å²) in [6.07, 6.45) is 3.53. The van der Waals surface area contributed by atoms with Crippen LogP contribution in [0.2, 0.25) is 0 Å². The summed E-state index contributed by atoms with van der Waals surface area (Å²) in [5.74, 6) is 0.905. The molecule has 1 aromatic rings. The highest BCUT2D eigenvalue weighted by Crippen LogP contribution is 2.28. The van der Waals surface area contributed by atoms with Crippen molar-refractivity contribution in [1.29, 1.82) is 0 Å². The van der Waals surface area contributed by atoms with Gasteiger partial charge in [0, 0.05) is 38.4 Å². The lowest BCUT2D eigenvalue weighted by Crippen LogP contribution is -2.45. The van der Waals surface area contributed by atoms with Crippen LogP contribution in [0.4, 0.5) is 5.69 Å². The molecule has 5 heteroatoms. The highest BCUT2D eigenvalue weighted by atomic mass is 127. The molecule has 1 aliphatic heterocycles. The van der Waals surface area contributed by atoms with Crippen LogP contribution in [-0.2, 0) is 6.42 Å². The first-order chi connectivity index (χ1) is 10.3. The van der Waals surface area contributed by atoms with Gasteiger partial charge in [-0.1, -0.05) is 31.5 Å². The van der Waals surface area contributed by atoms with E-state index in [1.807, 2.05) is 7.05 Å². The van der Waals surface area contributed by atoms with Crippen LogP contribution in [0.1, 0.15) is 32.3 Å². The van der Waals surface area contributed by atoms with Crippen LogP contribution in [0.5, 0.6) is 0 Å². The van der Waals surface area contributed by atoms with Gasteiger partial charge in [-0.05, 0) is 31.4 Å². The number of fused-ring (bicyclic) bond motifs is 1. The van der Waals surface area contributed by atoms with Crippen molar-refractivity contribution in [2.45, 2.75) is 39.2 Å². The Balaban J connectivity index is 0.00000242. The lowest BCUT2D eigenvalue weighted by atomic mass is 10.2. The number of nitrogens with zero attached hydrogens (tertiary/aromatic N) is 2. The summed E-state index contributed by atoms with van der Waals surface area (Å²) in [4.78, 5) is 6.77. The van der Waals surface area contributed by atoms with Crippen molar-refractivity contribution in [2.75, 3.05) is 31.6 Å². The fourth-order valence-corrected chi connectivity index (χ4v) is 2.78. The molecule has 0 amide bonds. The molecule has 2 rings (SSSR count). The quantitative estimate of drug-likeness (QED) is 0.324. The lowest BCUT2D eigenvalue weighted by Gasteiger charge is -2.28. The van der Waals surface area contributed by atoms with Crippen molar-refractivity contribution in [3.05, 3.63) is 29.8 Å². The first kappa shape index (κ1) is 19.1. The molecule has 0 aromatic heterocycles. The smallest absolute Gasteiger partial charge is 0.191 e. The van der Waals surface area contributed by atoms with Crippen molar-refractivity contribution in [1.82, 2.24) is 10.6 Å². The molecule has 0 saturated heterocycles. The maximum absolute atomic E-state index is 4.28. The molecule has 1 aliphatic rings. The molecule has 22 heavy (non-hydrogen) atoms. The number of rotatable bonds is 6. The van der Waals surface area contributed by atoms with E-state index in [9.17, 15) is 0 Å². The highest BCUT2D eigenvalue weighted by Gasteiger charge is 2.22. The maximum Gasteiger partial charge on any atom is 0.191 e. The van der Waals surface area contributed by atoms with E-state index in [2.05, 4.69) is 58.6 Å². The fraction of sp³-hybridized carbons (Fsp3) is 0.588. The average molecular weight is 416 g/mol. The summed E-state index contributed by atoms with van der Waals surface area (Å²) in [6.45, 7) is 7.47. The monoisotopic (exact) mass is 416 g/mol. The number of halogens is 1. The minimum Gasteiger partial charge on any atom is -0.366 e. The zero-order chi connectivity index (χ0) is 15.1. The zero-order valence-electron chi connectivity index (χ0n) is 13.9. The molecule has 1 atom stereocenters. The van der Waals surface area contributed by atoms with E-state index in [0.29, 0.717) is 6.04 Å². The molecule has 4 nitrogen and oxygen atoms in total. The van der Waals surface area contributed by atoms with Gasteiger partial charge < -0.3 is 15.5 Å². The number of para-hydroxylation sites is 1. The van der Waals surface area contributed by atoms with E-state index >= 15 is 0 Å². The van der Waals surface area contributed by atoms with Gasteiger partial charge in [-0.3, -0.25) is 4.99 Å². The highest BCUT2D eigenvalue weighted by molar-refractivity contribution is 14.0. The first-order valence-electron chi connectivity index (χ1n) is 8.05. The van der Waals surface area contributed by atoms with Gasteiger partial charge in [-0.15, -0.1) is 24.0 Å². The normalized spacial score (nSPS) is 15.0. The van der Waals surface area contributed by atoms with E-state index in [-0.39, 0.29) is 24.0 Å². The minimum absolute atomic E-state index is 0. The third kappa shape index (κ3) is 5.04. The van der Waals surface area contributed by atoms with Gasteiger partial charge in [0.2, 0.25) is 0 Å². The summed E-state index contributed by atoms with van der Waals surface area (Å²) in [5.41, 5.74) is 2.86. The van der Waals surface area contributed by atoms with E-state index in [0.717, 1.165) is 32.0 Å². The molecule has 1 aromatic carbocycles. The molecule has 0 radical (unpaired) electrons. The van der Waals surface area contributed by atoms with E-state index in [1.54, 1.807) is 0 Å². The van der Waals surface area contributed by atoms with Gasteiger partial charge in [-0.25, -0.2) is 0 Å². The van der Waals surface area contributed by atoms with E-state index in [4.69, 9.17) is 0 Å². The Hall–Kier alpha value is -0.980. The van der Waals surface area contributed by atoms with Crippen molar-refractivity contribution in [3.8, 4) is 0 Å². The van der Waals surface area contributed by atoms with Crippen molar-refractivity contribution in [3.63, 3.8) is 0 Å². The van der Waals surface area contributed by atoms with Crippen LogP contribution in [0.3, 0.4) is 0 Å². The summed E-state index contributed by atoms with van der Waals surface area (Å²) >= 11 is 0. The van der Waals surface area contributed by atoms with Crippen LogP contribution in [0.25, 0.3) is 0 Å². The molecular weight excluding hydrogens is 387 g/mol. The number of hydrogen-bond acceptors (Lipinski definition) is 2. The van der Waals surface area contributed by atoms with Gasteiger partial charge in [0.15, 0.2) is 5.96 Å². The first-order valence-corrected chi connectivity index (χ1v) is 8.05. The number of unbranched alkanes of at least 4 members (excludes halogenated alkanes) is 1. The molecule has 0 fully saturated rings. The second-order valence-electron chi connectivity index (χ2n) is 5.65. The summed E-state index contributed by atoms with van der Waals surface area (Å²) in [5, 5.41) is 6.79. The van der Waals surface area contributed by atoms with Crippen LogP contribution in [0, 0.1) is 0 Å². The predicted molar refractivity (Wildman–Crippen MR) is 107 cm³/mol. The number of guanidine groups is 1. The lowest BCUT2D eigenvalue weighted by molar-refractivity contribution is 0.623. The third-order valence-electron chi connectivity index (χ3n) is 4.07. The Morgan fingerprint density at radius 1 is 1.32 bits per heavy atom. The van der Waals surface area contributed by atoms with Crippen LogP contribution >= 0.6 is 24.0 Å². The molecule has 2 N–H and O–H groups in total. The maximum atomic E-state index is 4.28. The molecule has 0 bridgehead atoms. The minimum atomic E-state index is 0. The summed E-state index contributed by atoms with van der Waals surface area (Å²) in [6, 6.07) is 9.18. The van der Waals surface area contributed by atoms with Gasteiger partial charge in [-0.2, -0.15) is 0 Å². The third-order valence-corrected chi connectivity index (χ3v) is 4.07. The Morgan fingerprint density at radius 3 is 2.82 bits per heavy atom. The SMILES string of the molecule is CCCCNC(=NC)NCC(C)N1CCc2ccccc21.I. The number of hydrogen-bond donors (Lipinski definition) is 2. The standard InChI is InChI=1S/C17H28N4.HI/c1-4-5-11-19-17(18-3)20-13-14(2)21-12-10-15-8-6-7-9-16(15)21;/h6-9,14H,4-5,10-13H2,1-3H3,(H2,18,19,20);1H. The Bertz CT molecular complexity index is 475. The van der Waals surface area contributed by atoms with Crippen LogP contribution in [0.15, 0.2) is 29.3 Å². The van der Waals surface area contributed by atoms with Gasteiger partial charge in [0.1, 0.15) is 0 Å². The predicted octanol–water partition coefficient (Wildman–Crippen LogP) is 3.02. The second-order valence-corrected chi connectivity index (χ2v) is 5.65. The molecule has 0 spiro atoms. The van der Waals surface area contributed by atoms with Crippen molar-refractivity contribution in [2.24, 2.45) is 4.99 Å². The number of benzene rings is 1. The molecule has 0 aliphatic carbocycles. The van der Waals surface area contributed by atoms with Gasteiger partial charge in [0.25, 0.3) is 0 Å². The summed E-state index contributed by atoms with van der Waals surface area (Å²) < 4.78 is 0. The largest absolute Gasteiger partial charge is 0.366 e. The number of nitrogens with one attached hydrogen (secondary N) is 2. The molecular formula is C17H29IN4. The fourth-order valence-electron chi connectivity index (χ4n) is 2.78. The Kier molecular flexibility index (Phi) is 8.60. The molecule has 0 saturated carbocycles. The Labute approximate surface area is 151 Å². The number of aliphatic imine (C=N–C) groups is 1. The topological polar surface area (TPSA) is 39.7 Å². The van der Waals surface area contributed by atoms with Gasteiger partial charge in [0.05, 0.1) is 0 Å². The molecule has 1 unspecified atom stereocenters. The number of anilines is 1. The van der Waals surface area contributed by atoms with Crippen LogP contribution < -0.4 is 15.5 Å². The zero-order valence-corrected chi connectivity index (χ0v) is 16.3. The Morgan fingerprint density at radius 2 is 2.09 bits per heavy atom. The molecule has 124 valence electrons. The summed E-state index contributed by atoms with van der Waals surface area (Å²) in [7, 11) is 1.83. The van der Waals surface area contributed by atoms with Crippen molar-refractivity contribution >= 4 is 35.6 Å². The van der Waals surface area contributed by atoms with Crippen LogP contribution in [-0.4, -0.2) is 38.7 Å². The second kappa shape index (κ2) is 9.92. The molecule has 1 heterocycles. The van der Waals surface area contributed by atoms with E-state index in [1.165, 1.54) is 24.1 Å². The average Bonchev–Trinajstić information content (AvgIpc) is 2.94. The van der Waals surface area contributed by atoms with E-state index < -0.39 is 0 Å².